The Morgan fingerprint density at radius 2 is 1.92 bits per heavy atom. The van der Waals surface area contributed by atoms with Gasteiger partial charge in [0.05, 0.1) is 12.7 Å². The van der Waals surface area contributed by atoms with Crippen molar-refractivity contribution in [3.05, 3.63) is 0 Å². The number of likely N-dealkylation sites (N-methyl/N-ethyl adjacent to an activating group) is 1. The molecule has 0 aliphatic heterocycles. The number of methoxy groups -OCH3 is 1. The lowest BCUT2D eigenvalue weighted by Crippen LogP contribution is -2.33. The van der Waals surface area contributed by atoms with Gasteiger partial charge in [0, 0.05) is 20.3 Å². The summed E-state index contributed by atoms with van der Waals surface area (Å²) in [5, 5.41) is 3.25. The van der Waals surface area contributed by atoms with Gasteiger partial charge in [-0.2, -0.15) is 0 Å². The maximum absolute atomic E-state index is 5.66. The van der Waals surface area contributed by atoms with Crippen LogP contribution in [0.2, 0.25) is 0 Å². The molecule has 80 valence electrons. The maximum Gasteiger partial charge on any atom is 0.0932 e. The first-order chi connectivity index (χ1) is 6.20. The second kappa shape index (κ2) is 8.48. The molecule has 0 saturated carbocycles. The Kier molecular flexibility index (Phi) is 8.40. The lowest BCUT2D eigenvalue weighted by atomic mass is 10.2. The summed E-state index contributed by atoms with van der Waals surface area (Å²) in [6, 6.07) is 0. The van der Waals surface area contributed by atoms with Gasteiger partial charge in [-0.1, -0.05) is 20.8 Å². The number of nitrogens with one attached hydrogen (secondary N) is 1. The highest BCUT2D eigenvalue weighted by Gasteiger charge is 2.08. The monoisotopic (exact) mass is 189 g/mol. The van der Waals surface area contributed by atoms with Crippen LogP contribution >= 0.6 is 0 Å². The van der Waals surface area contributed by atoms with Crippen LogP contribution in [0, 0.1) is 5.92 Å². The molecule has 0 aromatic heterocycles. The minimum atomic E-state index is 0.187. The maximum atomic E-state index is 5.66. The second-order valence-corrected chi connectivity index (χ2v) is 3.61. The first-order valence-electron chi connectivity index (χ1n) is 5.01. The first kappa shape index (κ1) is 12.9. The molecule has 3 nitrogen and oxygen atoms in total. The zero-order valence-electron chi connectivity index (χ0n) is 9.30. The summed E-state index contributed by atoms with van der Waals surface area (Å²) in [4.78, 5) is 0. The molecule has 0 radical (unpaired) electrons. The van der Waals surface area contributed by atoms with Crippen molar-refractivity contribution in [2.75, 3.05) is 33.4 Å². The standard InChI is InChI=1S/C10H23NO2/c1-5-11-6-10(8-12-4)13-7-9(2)3/h9-11H,5-8H2,1-4H3. The third kappa shape index (κ3) is 8.22. The van der Waals surface area contributed by atoms with Crippen LogP contribution in [0.15, 0.2) is 0 Å². The Morgan fingerprint density at radius 3 is 2.38 bits per heavy atom. The van der Waals surface area contributed by atoms with Gasteiger partial charge in [-0.25, -0.2) is 0 Å². The van der Waals surface area contributed by atoms with Gasteiger partial charge in [0.1, 0.15) is 0 Å². The van der Waals surface area contributed by atoms with Gasteiger partial charge < -0.3 is 14.8 Å². The molecule has 0 saturated heterocycles. The quantitative estimate of drug-likeness (QED) is 0.624. The minimum absolute atomic E-state index is 0.187. The van der Waals surface area contributed by atoms with Crippen LogP contribution in [0.3, 0.4) is 0 Å². The van der Waals surface area contributed by atoms with E-state index in [0.717, 1.165) is 19.7 Å². The second-order valence-electron chi connectivity index (χ2n) is 3.61. The number of hydrogen-bond acceptors (Lipinski definition) is 3. The molecule has 1 unspecified atom stereocenters. The van der Waals surface area contributed by atoms with Gasteiger partial charge >= 0.3 is 0 Å². The minimum Gasteiger partial charge on any atom is -0.382 e. The van der Waals surface area contributed by atoms with Crippen LogP contribution in [0.1, 0.15) is 20.8 Å². The van der Waals surface area contributed by atoms with Gasteiger partial charge in [0.2, 0.25) is 0 Å². The summed E-state index contributed by atoms with van der Waals surface area (Å²) < 4.78 is 10.7. The fourth-order valence-corrected chi connectivity index (χ4v) is 0.986. The molecule has 0 aromatic carbocycles. The van der Waals surface area contributed by atoms with Crippen LogP contribution in [-0.2, 0) is 9.47 Å². The van der Waals surface area contributed by atoms with Crippen molar-refractivity contribution in [1.29, 1.82) is 0 Å². The van der Waals surface area contributed by atoms with E-state index in [4.69, 9.17) is 9.47 Å². The molecule has 0 aliphatic carbocycles. The van der Waals surface area contributed by atoms with Crippen molar-refractivity contribution < 1.29 is 9.47 Å². The fraction of sp³-hybridized carbons (Fsp3) is 1.00. The largest absolute Gasteiger partial charge is 0.382 e. The van der Waals surface area contributed by atoms with Crippen LogP contribution in [0.25, 0.3) is 0 Å². The van der Waals surface area contributed by atoms with Crippen LogP contribution in [0.5, 0.6) is 0 Å². The summed E-state index contributed by atoms with van der Waals surface area (Å²) in [5.41, 5.74) is 0. The van der Waals surface area contributed by atoms with Crippen LogP contribution < -0.4 is 5.32 Å². The molecule has 0 fully saturated rings. The molecule has 13 heavy (non-hydrogen) atoms. The summed E-state index contributed by atoms with van der Waals surface area (Å²) in [6.45, 7) is 9.71. The van der Waals surface area contributed by atoms with Crippen molar-refractivity contribution in [2.24, 2.45) is 5.92 Å². The molecule has 0 bridgehead atoms. The van der Waals surface area contributed by atoms with Crippen molar-refractivity contribution in [3.63, 3.8) is 0 Å². The third-order valence-electron chi connectivity index (χ3n) is 1.64. The van der Waals surface area contributed by atoms with Crippen LogP contribution in [-0.4, -0.2) is 39.5 Å². The van der Waals surface area contributed by atoms with Crippen molar-refractivity contribution in [1.82, 2.24) is 5.32 Å². The smallest absolute Gasteiger partial charge is 0.0932 e. The molecule has 0 heterocycles. The van der Waals surface area contributed by atoms with E-state index in [-0.39, 0.29) is 6.10 Å². The number of hydrogen-bond donors (Lipinski definition) is 1. The Bertz CT molecular complexity index is 107. The fourth-order valence-electron chi connectivity index (χ4n) is 0.986. The van der Waals surface area contributed by atoms with E-state index in [1.165, 1.54) is 0 Å². The molecule has 1 atom stereocenters. The van der Waals surface area contributed by atoms with E-state index in [0.29, 0.717) is 12.5 Å². The molecule has 3 heteroatoms. The highest BCUT2D eigenvalue weighted by molar-refractivity contribution is 4.60. The van der Waals surface area contributed by atoms with Gasteiger partial charge in [-0.05, 0) is 12.5 Å². The van der Waals surface area contributed by atoms with Gasteiger partial charge in [-0.3, -0.25) is 0 Å². The molecule has 1 N–H and O–H groups in total. The molecule has 0 amide bonds. The molecule has 0 spiro atoms. The average Bonchev–Trinajstić information content (AvgIpc) is 2.09. The van der Waals surface area contributed by atoms with E-state index in [9.17, 15) is 0 Å². The predicted octanol–water partition coefficient (Wildman–Crippen LogP) is 1.28. The predicted molar refractivity (Wildman–Crippen MR) is 55.0 cm³/mol. The van der Waals surface area contributed by atoms with Crippen LogP contribution in [0.4, 0.5) is 0 Å². The Hall–Kier alpha value is -0.120. The zero-order valence-corrected chi connectivity index (χ0v) is 9.30. The number of ether oxygens (including phenoxy) is 2. The zero-order chi connectivity index (χ0) is 10.1. The van der Waals surface area contributed by atoms with Gasteiger partial charge in [0.25, 0.3) is 0 Å². The van der Waals surface area contributed by atoms with Crippen molar-refractivity contribution in [3.8, 4) is 0 Å². The highest BCUT2D eigenvalue weighted by Crippen LogP contribution is 1.98. The SMILES string of the molecule is CCNCC(COC)OCC(C)C. The summed E-state index contributed by atoms with van der Waals surface area (Å²) in [5.74, 6) is 0.584. The van der Waals surface area contributed by atoms with E-state index >= 15 is 0 Å². The third-order valence-corrected chi connectivity index (χ3v) is 1.64. The lowest BCUT2D eigenvalue weighted by Gasteiger charge is -2.18. The molecule has 0 rings (SSSR count). The Morgan fingerprint density at radius 1 is 1.23 bits per heavy atom. The van der Waals surface area contributed by atoms with Gasteiger partial charge in [0.15, 0.2) is 0 Å². The molecular weight excluding hydrogens is 166 g/mol. The Balaban J connectivity index is 3.53. The summed E-state index contributed by atoms with van der Waals surface area (Å²) >= 11 is 0. The molecule has 0 aromatic rings. The van der Waals surface area contributed by atoms with E-state index in [2.05, 4.69) is 26.1 Å². The van der Waals surface area contributed by atoms with Gasteiger partial charge in [-0.15, -0.1) is 0 Å². The normalized spacial score (nSPS) is 13.6. The molecule has 0 aliphatic rings. The van der Waals surface area contributed by atoms with E-state index < -0.39 is 0 Å². The summed E-state index contributed by atoms with van der Waals surface area (Å²) in [6.07, 6.45) is 0.187. The highest BCUT2D eigenvalue weighted by atomic mass is 16.5. The van der Waals surface area contributed by atoms with Crippen molar-refractivity contribution in [2.45, 2.75) is 26.9 Å². The van der Waals surface area contributed by atoms with E-state index in [1.54, 1.807) is 7.11 Å². The topological polar surface area (TPSA) is 30.5 Å². The average molecular weight is 189 g/mol. The lowest BCUT2D eigenvalue weighted by molar-refractivity contribution is -0.0114. The van der Waals surface area contributed by atoms with Crippen molar-refractivity contribution >= 4 is 0 Å². The van der Waals surface area contributed by atoms with E-state index in [1.807, 2.05) is 0 Å². The molecular formula is C10H23NO2. The Labute approximate surface area is 81.8 Å². The first-order valence-corrected chi connectivity index (χ1v) is 5.01. The summed E-state index contributed by atoms with van der Waals surface area (Å²) in [7, 11) is 1.71. The number of rotatable bonds is 8.